The molecule has 0 radical (unpaired) electrons. The summed E-state index contributed by atoms with van der Waals surface area (Å²) in [5.41, 5.74) is 2.94. The van der Waals surface area contributed by atoms with E-state index in [2.05, 4.69) is 9.59 Å². The number of rotatable bonds is 10. The number of urea groups is 1. The lowest BCUT2D eigenvalue weighted by atomic mass is 10.2. The van der Waals surface area contributed by atoms with E-state index >= 15 is 0 Å². The summed E-state index contributed by atoms with van der Waals surface area (Å²) in [5, 5.41) is 5.48. The van der Waals surface area contributed by atoms with E-state index in [-0.39, 0.29) is 4.90 Å². The molecular weight excluding hydrogens is 500 g/mol. The minimum absolute atomic E-state index is 0.240. The number of carbonyl (C=O) groups excluding carboxylic acids is 1. The molecule has 2 aromatic rings. The molecule has 184 valence electrons. The number of nitrogens with zero attached hydrogens (tertiary/aromatic N) is 3. The van der Waals surface area contributed by atoms with Gasteiger partial charge in [0.25, 0.3) is 10.0 Å². The maximum Gasteiger partial charge on any atom is 0.389 e. The fraction of sp³-hybridized carbons (Fsp3) is 0.471. The van der Waals surface area contributed by atoms with Gasteiger partial charge in [-0.15, -0.1) is 9.93 Å². The second kappa shape index (κ2) is 11.1. The highest BCUT2D eigenvalue weighted by Gasteiger charge is 2.29. The number of carbonyl (C=O) groups is 1. The Kier molecular flexibility index (Phi) is 9.02. The minimum Gasteiger partial charge on any atom is -0.324 e. The number of hydrogen-bond acceptors (Lipinski definition) is 6. The van der Waals surface area contributed by atoms with Crippen LogP contribution >= 0.6 is 11.5 Å². The van der Waals surface area contributed by atoms with Gasteiger partial charge in [-0.25, -0.2) is 13.2 Å². The molecule has 2 rings (SSSR count). The topological polar surface area (TPSA) is 104 Å². The van der Waals surface area contributed by atoms with Gasteiger partial charge in [0, 0.05) is 36.9 Å². The van der Waals surface area contributed by atoms with Crippen molar-refractivity contribution in [3.8, 4) is 11.3 Å². The van der Waals surface area contributed by atoms with Crippen molar-refractivity contribution < 1.29 is 39.6 Å². The number of sulfonamides is 1. The lowest BCUT2D eigenvalue weighted by Gasteiger charge is -2.23. The number of hydrogen-bond donors (Lipinski definition) is 2. The normalized spacial score (nSPS) is 12.5. The summed E-state index contributed by atoms with van der Waals surface area (Å²) in [6.45, 7) is -1.03. The number of alkyl halides is 6. The Balaban J connectivity index is 1.99. The van der Waals surface area contributed by atoms with Crippen LogP contribution < -0.4 is 10.3 Å². The molecule has 1 heterocycles. The summed E-state index contributed by atoms with van der Waals surface area (Å²) >= 11 is 1.10. The Bertz CT molecular complexity index is 976. The molecule has 2 amide bonds. The molecule has 0 atom stereocenters. The SMILES string of the molecule is O=C(NNS(=O)(=O)c1ccc(-c2csnn2)cc1)N(CCCC(F)(F)F)CCCC(F)(F)F. The molecule has 0 spiro atoms. The number of benzene rings is 1. The molecule has 0 aliphatic rings. The van der Waals surface area contributed by atoms with Gasteiger partial charge in [-0.1, -0.05) is 16.6 Å². The molecule has 1 aromatic carbocycles. The summed E-state index contributed by atoms with van der Waals surface area (Å²) in [5.74, 6) is 0. The van der Waals surface area contributed by atoms with Gasteiger partial charge in [-0.2, -0.15) is 26.3 Å². The van der Waals surface area contributed by atoms with Gasteiger partial charge in [0.1, 0.15) is 5.69 Å². The van der Waals surface area contributed by atoms with Gasteiger partial charge in [-0.05, 0) is 36.5 Å². The summed E-state index contributed by atoms with van der Waals surface area (Å²) in [6, 6.07) is 4.19. The maximum absolute atomic E-state index is 12.4. The zero-order valence-electron chi connectivity index (χ0n) is 16.8. The number of nitrogens with one attached hydrogen (secondary N) is 2. The molecular formula is C17H19F6N5O3S2. The number of amides is 2. The van der Waals surface area contributed by atoms with E-state index in [1.807, 2.05) is 5.43 Å². The fourth-order valence-electron chi connectivity index (χ4n) is 2.60. The molecule has 0 aliphatic carbocycles. The van der Waals surface area contributed by atoms with Crippen LogP contribution in [0, 0.1) is 0 Å². The Morgan fingerprint density at radius 2 is 1.52 bits per heavy atom. The molecule has 33 heavy (non-hydrogen) atoms. The van der Waals surface area contributed by atoms with E-state index < -0.39 is 67.2 Å². The van der Waals surface area contributed by atoms with Gasteiger partial charge < -0.3 is 4.90 Å². The smallest absolute Gasteiger partial charge is 0.324 e. The van der Waals surface area contributed by atoms with Gasteiger partial charge in [0.05, 0.1) is 4.90 Å². The van der Waals surface area contributed by atoms with Gasteiger partial charge in [0.15, 0.2) is 0 Å². The third-order valence-electron chi connectivity index (χ3n) is 4.18. The first-order valence-corrected chi connectivity index (χ1v) is 11.7. The Labute approximate surface area is 189 Å². The van der Waals surface area contributed by atoms with Crippen molar-refractivity contribution >= 4 is 27.6 Å². The maximum atomic E-state index is 12.4. The van der Waals surface area contributed by atoms with E-state index in [1.54, 1.807) is 10.2 Å². The van der Waals surface area contributed by atoms with Crippen LogP contribution in [0.3, 0.4) is 0 Å². The molecule has 16 heteroatoms. The predicted molar refractivity (Wildman–Crippen MR) is 106 cm³/mol. The van der Waals surface area contributed by atoms with E-state index in [0.29, 0.717) is 16.2 Å². The second-order valence-corrected chi connectivity index (χ2v) is 9.07. The van der Waals surface area contributed by atoms with Crippen LogP contribution in [0.15, 0.2) is 34.5 Å². The number of hydrazine groups is 1. The quantitative estimate of drug-likeness (QED) is 0.364. The van der Waals surface area contributed by atoms with Crippen LogP contribution in [0.5, 0.6) is 0 Å². The van der Waals surface area contributed by atoms with Crippen LogP contribution in [-0.4, -0.2) is 54.4 Å². The molecule has 0 fully saturated rings. The Morgan fingerprint density at radius 1 is 0.970 bits per heavy atom. The molecule has 0 saturated heterocycles. The van der Waals surface area contributed by atoms with Crippen molar-refractivity contribution in [2.24, 2.45) is 0 Å². The largest absolute Gasteiger partial charge is 0.389 e. The van der Waals surface area contributed by atoms with Gasteiger partial charge >= 0.3 is 18.4 Å². The van der Waals surface area contributed by atoms with Gasteiger partial charge in [0.2, 0.25) is 0 Å². The van der Waals surface area contributed by atoms with E-state index in [0.717, 1.165) is 11.5 Å². The molecule has 0 saturated carbocycles. The van der Waals surface area contributed by atoms with Crippen molar-refractivity contribution in [3.05, 3.63) is 29.6 Å². The number of halogens is 6. The van der Waals surface area contributed by atoms with E-state index in [9.17, 15) is 39.6 Å². The summed E-state index contributed by atoms with van der Waals surface area (Å²) in [7, 11) is -4.26. The molecule has 1 aromatic heterocycles. The number of aromatic nitrogens is 2. The highest BCUT2D eigenvalue weighted by Crippen LogP contribution is 2.23. The van der Waals surface area contributed by atoms with Crippen LogP contribution in [0.1, 0.15) is 25.7 Å². The third kappa shape index (κ3) is 9.51. The van der Waals surface area contributed by atoms with Crippen LogP contribution in [0.25, 0.3) is 11.3 Å². The lowest BCUT2D eigenvalue weighted by molar-refractivity contribution is -0.136. The highest BCUT2D eigenvalue weighted by molar-refractivity contribution is 7.89. The van der Waals surface area contributed by atoms with Crippen molar-refractivity contribution in [2.45, 2.75) is 42.9 Å². The molecule has 8 nitrogen and oxygen atoms in total. The van der Waals surface area contributed by atoms with Crippen LogP contribution in [0.2, 0.25) is 0 Å². The predicted octanol–water partition coefficient (Wildman–Crippen LogP) is 4.10. The third-order valence-corrected chi connectivity index (χ3v) is 5.94. The van der Waals surface area contributed by atoms with Crippen molar-refractivity contribution in [3.63, 3.8) is 0 Å². The van der Waals surface area contributed by atoms with Crippen LogP contribution in [-0.2, 0) is 10.0 Å². The second-order valence-electron chi connectivity index (χ2n) is 6.77. The highest BCUT2D eigenvalue weighted by atomic mass is 32.2. The fourth-order valence-corrected chi connectivity index (χ4v) is 3.90. The van der Waals surface area contributed by atoms with Crippen molar-refractivity contribution in [2.75, 3.05) is 13.1 Å². The van der Waals surface area contributed by atoms with Crippen LogP contribution in [0.4, 0.5) is 31.1 Å². The Morgan fingerprint density at radius 3 is 1.97 bits per heavy atom. The molecule has 0 aliphatic heterocycles. The standard InChI is InChI=1S/C17H19F6N5O3S2/c18-16(19,20)7-1-9-28(10-2-8-17(21,22)23)15(29)25-27-33(30,31)13-5-3-12(4-6-13)14-11-32-26-24-14/h3-6,11,27H,1-2,7-10H2,(H,25,29). The first-order chi connectivity index (χ1) is 15.3. The van der Waals surface area contributed by atoms with E-state index in [1.165, 1.54) is 24.3 Å². The first kappa shape index (κ1) is 26.8. The Hall–Kier alpha value is -2.46. The monoisotopic (exact) mass is 519 g/mol. The van der Waals surface area contributed by atoms with Gasteiger partial charge in [-0.3, -0.25) is 5.43 Å². The van der Waals surface area contributed by atoms with Crippen molar-refractivity contribution in [1.29, 1.82) is 0 Å². The zero-order chi connectivity index (χ0) is 24.7. The molecule has 0 bridgehead atoms. The average Bonchev–Trinajstić information content (AvgIpc) is 3.24. The summed E-state index contributed by atoms with van der Waals surface area (Å²) < 4.78 is 103. The molecule has 0 unspecified atom stereocenters. The molecule has 2 N–H and O–H groups in total. The summed E-state index contributed by atoms with van der Waals surface area (Å²) in [4.78, 5) is 14.5. The lowest BCUT2D eigenvalue weighted by Crippen LogP contribution is -2.49. The summed E-state index contributed by atoms with van der Waals surface area (Å²) in [6.07, 6.45) is -12.6. The van der Waals surface area contributed by atoms with E-state index in [4.69, 9.17) is 0 Å². The minimum atomic E-state index is -4.50. The zero-order valence-corrected chi connectivity index (χ0v) is 18.4. The average molecular weight is 519 g/mol. The first-order valence-electron chi connectivity index (χ1n) is 9.34. The van der Waals surface area contributed by atoms with Crippen molar-refractivity contribution in [1.82, 2.24) is 24.7 Å².